The number of nitrogens with zero attached hydrogens (tertiary/aromatic N) is 1. The van der Waals surface area contributed by atoms with Crippen LogP contribution >= 0.6 is 0 Å². The van der Waals surface area contributed by atoms with Crippen molar-refractivity contribution in [3.05, 3.63) is 11.3 Å². The van der Waals surface area contributed by atoms with Crippen LogP contribution in [-0.4, -0.2) is 91.1 Å². The van der Waals surface area contributed by atoms with E-state index in [4.69, 9.17) is 5.73 Å². The summed E-state index contributed by atoms with van der Waals surface area (Å²) in [5, 5.41) is 67.8. The highest BCUT2D eigenvalue weighted by atomic mass is 16.4. The largest absolute Gasteiger partial charge is 0.509 e. The topological polar surface area (TPSA) is 168 Å². The molecule has 0 aromatic carbocycles. The van der Waals surface area contributed by atoms with Crippen LogP contribution < -0.4 is 5.73 Å². The average Bonchev–Trinajstić information content (AvgIpc) is 2.99. The normalized spacial score (nSPS) is 47.5. The zero-order valence-electron chi connectivity index (χ0n) is 27.5. The quantitative estimate of drug-likeness (QED) is 0.199. The van der Waals surface area contributed by atoms with Crippen molar-refractivity contribution in [2.75, 3.05) is 19.6 Å². The zero-order valence-corrected chi connectivity index (χ0v) is 27.5. The Morgan fingerprint density at radius 3 is 2.16 bits per heavy atom. The van der Waals surface area contributed by atoms with Gasteiger partial charge < -0.3 is 41.3 Å². The van der Waals surface area contributed by atoms with E-state index in [2.05, 4.69) is 18.7 Å². The van der Waals surface area contributed by atoms with E-state index in [0.29, 0.717) is 30.6 Å². The van der Waals surface area contributed by atoms with Gasteiger partial charge >= 0.3 is 0 Å². The third-order valence-corrected chi connectivity index (χ3v) is 13.9. The minimum Gasteiger partial charge on any atom is -0.509 e. The van der Waals surface area contributed by atoms with Crippen molar-refractivity contribution in [2.45, 2.75) is 127 Å². The molecule has 9 nitrogen and oxygen atoms in total. The van der Waals surface area contributed by atoms with E-state index in [1.54, 1.807) is 0 Å². The molecule has 0 radical (unpaired) electrons. The molecule has 5 fully saturated rings. The summed E-state index contributed by atoms with van der Waals surface area (Å²) < 4.78 is 0. The van der Waals surface area contributed by atoms with E-state index in [9.17, 15) is 35.4 Å². The first-order valence-corrected chi connectivity index (χ1v) is 18.4. The van der Waals surface area contributed by atoms with Crippen molar-refractivity contribution in [3.8, 4) is 0 Å². The highest BCUT2D eigenvalue weighted by Crippen LogP contribution is 2.61. The summed E-state index contributed by atoms with van der Waals surface area (Å²) in [5.74, 6) is -0.0594. The summed E-state index contributed by atoms with van der Waals surface area (Å²) in [7, 11) is 0. The average molecular weight is 633 g/mol. The van der Waals surface area contributed by atoms with Crippen LogP contribution in [0.3, 0.4) is 0 Å². The minimum atomic E-state index is -2.17. The number of carbonyl (C=O) groups is 1. The van der Waals surface area contributed by atoms with Crippen LogP contribution in [0.2, 0.25) is 0 Å². The Labute approximate surface area is 269 Å². The molecule has 0 aromatic heterocycles. The smallest absolute Gasteiger partial charge is 0.166 e. The highest BCUT2D eigenvalue weighted by Gasteiger charge is 2.65. The number of hydrogen-bond acceptors (Lipinski definition) is 9. The van der Waals surface area contributed by atoms with Crippen LogP contribution in [0.25, 0.3) is 0 Å². The lowest BCUT2D eigenvalue weighted by atomic mass is 9.47. The number of nitrogens with two attached hydrogens (primary N) is 1. The molecule has 0 saturated heterocycles. The Bertz CT molecular complexity index is 1090. The maximum atomic E-state index is 12.9. The Morgan fingerprint density at radius 1 is 0.867 bits per heavy atom. The summed E-state index contributed by atoms with van der Waals surface area (Å²) in [6.45, 7) is 8.10. The van der Waals surface area contributed by atoms with Gasteiger partial charge in [0.1, 0.15) is 12.0 Å². The molecule has 8 N–H and O–H groups in total. The van der Waals surface area contributed by atoms with E-state index < -0.39 is 65.0 Å². The maximum Gasteiger partial charge on any atom is 0.166 e. The third-order valence-electron chi connectivity index (χ3n) is 13.9. The number of hydrogen-bond donors (Lipinski definition) is 7. The third kappa shape index (κ3) is 5.74. The Kier molecular flexibility index (Phi) is 10.1. The SMILES string of the molecule is CCCN(CCC)CC1CCC(C2CCC(O)C3C(O)C4C(O)[C@]5(O)C(O)=C(C(N)O)C(=O)C[C@@H]5C[C@@H]4CC23)C2CCCCC12. The molecular weight excluding hydrogens is 572 g/mol. The Morgan fingerprint density at radius 2 is 1.49 bits per heavy atom. The van der Waals surface area contributed by atoms with E-state index >= 15 is 0 Å². The number of aliphatic hydroxyl groups is 6. The lowest BCUT2D eigenvalue weighted by molar-refractivity contribution is -0.235. The molecule has 0 aromatic rings. The Balaban J connectivity index is 1.25. The molecule has 6 aliphatic carbocycles. The van der Waals surface area contributed by atoms with Crippen molar-refractivity contribution >= 4 is 5.78 Å². The lowest BCUT2D eigenvalue weighted by Crippen LogP contribution is -2.68. The van der Waals surface area contributed by atoms with E-state index in [-0.39, 0.29) is 18.3 Å². The molecule has 6 rings (SSSR count). The van der Waals surface area contributed by atoms with Gasteiger partial charge in [0.15, 0.2) is 11.4 Å². The highest BCUT2D eigenvalue weighted by molar-refractivity contribution is 5.98. The van der Waals surface area contributed by atoms with Crippen LogP contribution in [0, 0.1) is 59.2 Å². The van der Waals surface area contributed by atoms with Crippen LogP contribution in [0.5, 0.6) is 0 Å². The van der Waals surface area contributed by atoms with Crippen LogP contribution in [-0.2, 0) is 4.79 Å². The number of fused-ring (bicyclic) bond motifs is 4. The molecule has 9 heteroatoms. The van der Waals surface area contributed by atoms with Gasteiger partial charge in [0.05, 0.1) is 23.9 Å². The van der Waals surface area contributed by atoms with Gasteiger partial charge in [0.2, 0.25) is 0 Å². The van der Waals surface area contributed by atoms with Crippen molar-refractivity contribution in [1.29, 1.82) is 0 Å². The molecule has 5 saturated carbocycles. The number of rotatable bonds is 8. The second-order valence-corrected chi connectivity index (χ2v) is 16.1. The fourth-order valence-electron chi connectivity index (χ4n) is 12.2. The van der Waals surface area contributed by atoms with Crippen molar-refractivity contribution in [3.63, 3.8) is 0 Å². The van der Waals surface area contributed by atoms with E-state index in [1.807, 2.05) is 0 Å². The standard InChI is InChI=1S/C36H60N2O7/c1-3-13-38(14-4-2)18-19-9-10-24(23-8-6-5-7-22(19)23)25-11-12-27(39)30-26(25)16-20-15-21-17-28(40)31(35(37)44)34(43)36(21,45)33(42)29(20)32(30)41/h19-27,29-30,32-33,35,39,41-45H,3-18,37H2,1-2H3/t19?,20-,21+,22?,23?,24?,25?,26?,27?,29?,30?,32?,33?,35?,36+/m1/s1. The van der Waals surface area contributed by atoms with Gasteiger partial charge in [0, 0.05) is 30.7 Å². The van der Waals surface area contributed by atoms with Gasteiger partial charge in [-0.3, -0.25) is 4.79 Å². The molecule has 0 spiro atoms. The van der Waals surface area contributed by atoms with Gasteiger partial charge in [-0.1, -0.05) is 26.7 Å². The molecule has 0 amide bonds. The summed E-state index contributed by atoms with van der Waals surface area (Å²) in [5.41, 5.74) is 2.94. The van der Waals surface area contributed by atoms with E-state index in [1.165, 1.54) is 71.0 Å². The number of ketones is 1. The predicted molar refractivity (Wildman–Crippen MR) is 171 cm³/mol. The number of Topliss-reactive ketones (excluding diaryl/α,β-unsaturated/α-hetero) is 1. The molecule has 0 aliphatic heterocycles. The van der Waals surface area contributed by atoms with Gasteiger partial charge in [0.25, 0.3) is 0 Å². The van der Waals surface area contributed by atoms with Crippen molar-refractivity contribution in [2.24, 2.45) is 64.9 Å². The minimum absolute atomic E-state index is 0.119. The van der Waals surface area contributed by atoms with Crippen LogP contribution in [0.15, 0.2) is 11.3 Å². The first kappa shape index (κ1) is 33.8. The zero-order chi connectivity index (χ0) is 32.2. The van der Waals surface area contributed by atoms with E-state index in [0.717, 1.165) is 24.7 Å². The Hall–Kier alpha value is -1.07. The van der Waals surface area contributed by atoms with Crippen molar-refractivity contribution < 1.29 is 35.4 Å². The fraction of sp³-hybridized carbons (Fsp3) is 0.917. The lowest BCUT2D eigenvalue weighted by Gasteiger charge is -2.61. The van der Waals surface area contributed by atoms with Gasteiger partial charge in [-0.15, -0.1) is 0 Å². The monoisotopic (exact) mass is 632 g/mol. The van der Waals surface area contributed by atoms with Gasteiger partial charge in [-0.2, -0.15) is 0 Å². The molecule has 256 valence electrons. The molecule has 0 bridgehead atoms. The molecule has 12 unspecified atom stereocenters. The second-order valence-electron chi connectivity index (χ2n) is 16.1. The predicted octanol–water partition coefficient (Wildman–Crippen LogP) is 3.12. The van der Waals surface area contributed by atoms with Gasteiger partial charge in [-0.25, -0.2) is 0 Å². The first-order valence-electron chi connectivity index (χ1n) is 18.4. The summed E-state index contributed by atoms with van der Waals surface area (Å²) in [6, 6.07) is 0. The molecule has 45 heavy (non-hydrogen) atoms. The fourth-order valence-corrected chi connectivity index (χ4v) is 12.2. The molecule has 6 aliphatic rings. The second kappa shape index (κ2) is 13.4. The maximum absolute atomic E-state index is 12.9. The first-order chi connectivity index (χ1) is 21.5. The van der Waals surface area contributed by atoms with Gasteiger partial charge in [-0.05, 0) is 119 Å². The molecular formula is C36H60N2O7. The summed E-state index contributed by atoms with van der Waals surface area (Å²) in [4.78, 5) is 15.6. The summed E-state index contributed by atoms with van der Waals surface area (Å²) >= 11 is 0. The summed E-state index contributed by atoms with van der Waals surface area (Å²) in [6.07, 6.45) is 7.55. The van der Waals surface area contributed by atoms with Crippen molar-refractivity contribution in [1.82, 2.24) is 4.90 Å². The molecule has 0 heterocycles. The molecule has 15 atom stereocenters. The number of carbonyl (C=O) groups excluding carboxylic acids is 1. The number of aliphatic hydroxyl groups excluding tert-OH is 5. The van der Waals surface area contributed by atoms with Crippen LogP contribution in [0.1, 0.15) is 97.3 Å². The van der Waals surface area contributed by atoms with Crippen LogP contribution in [0.4, 0.5) is 0 Å².